The number of hydrogen-bond donors (Lipinski definition) is 0. The highest BCUT2D eigenvalue weighted by Gasteiger charge is 2.21. The van der Waals surface area contributed by atoms with Gasteiger partial charge in [0.1, 0.15) is 5.78 Å². The van der Waals surface area contributed by atoms with Crippen LogP contribution in [0, 0.1) is 16.7 Å². The highest BCUT2D eigenvalue weighted by atomic mass is 16.1. The molecular weight excluding hydrogens is 176 g/mol. The van der Waals surface area contributed by atoms with Gasteiger partial charge >= 0.3 is 0 Å². The topological polar surface area (TPSA) is 44.1 Å². The van der Waals surface area contributed by atoms with E-state index in [1.54, 1.807) is 0 Å². The van der Waals surface area contributed by atoms with E-state index in [0.29, 0.717) is 12.3 Å². The van der Waals surface area contributed by atoms with Crippen LogP contribution in [0.5, 0.6) is 0 Å². The molecule has 1 aliphatic heterocycles. The van der Waals surface area contributed by atoms with Gasteiger partial charge in [-0.3, -0.25) is 9.69 Å². The number of likely N-dealkylation sites (tertiary alicyclic amines) is 1. The van der Waals surface area contributed by atoms with E-state index in [1.807, 2.05) is 13.8 Å². The lowest BCUT2D eigenvalue weighted by atomic mass is 9.91. The van der Waals surface area contributed by atoms with Gasteiger partial charge in [-0.2, -0.15) is 5.26 Å². The van der Waals surface area contributed by atoms with E-state index < -0.39 is 0 Å². The van der Waals surface area contributed by atoms with Crippen molar-refractivity contribution in [1.82, 2.24) is 4.90 Å². The predicted octanol–water partition coefficient (Wildman–Crippen LogP) is 1.59. The Balaban J connectivity index is 2.31. The molecular formula is C11H18N2O. The summed E-state index contributed by atoms with van der Waals surface area (Å²) < 4.78 is 0. The Bertz CT molecular complexity index is 253. The maximum Gasteiger partial charge on any atom is 0.146 e. The van der Waals surface area contributed by atoms with Crippen LogP contribution in [-0.2, 0) is 4.79 Å². The van der Waals surface area contributed by atoms with Crippen molar-refractivity contribution < 1.29 is 4.79 Å². The third-order valence-electron chi connectivity index (χ3n) is 2.69. The van der Waals surface area contributed by atoms with E-state index in [9.17, 15) is 4.79 Å². The van der Waals surface area contributed by atoms with Crippen molar-refractivity contribution in [2.45, 2.75) is 33.1 Å². The molecule has 0 atom stereocenters. The zero-order chi connectivity index (χ0) is 10.6. The summed E-state index contributed by atoms with van der Waals surface area (Å²) in [4.78, 5) is 13.3. The van der Waals surface area contributed by atoms with Gasteiger partial charge in [-0.05, 0) is 33.2 Å². The SMILES string of the molecule is CC(C)(C#N)CCN1CCCC(=O)C1. The van der Waals surface area contributed by atoms with Gasteiger partial charge in [-0.15, -0.1) is 0 Å². The Morgan fingerprint density at radius 1 is 1.57 bits per heavy atom. The Hall–Kier alpha value is -0.880. The summed E-state index contributed by atoms with van der Waals surface area (Å²) in [5.41, 5.74) is -0.263. The molecule has 1 aliphatic rings. The molecule has 1 fully saturated rings. The molecule has 14 heavy (non-hydrogen) atoms. The van der Waals surface area contributed by atoms with Crippen LogP contribution >= 0.6 is 0 Å². The molecule has 0 amide bonds. The van der Waals surface area contributed by atoms with Crippen LogP contribution in [0.2, 0.25) is 0 Å². The first-order chi connectivity index (χ1) is 6.53. The number of hydrogen-bond acceptors (Lipinski definition) is 3. The molecule has 0 aromatic carbocycles. The van der Waals surface area contributed by atoms with Gasteiger partial charge in [0.2, 0.25) is 0 Å². The minimum Gasteiger partial charge on any atom is -0.298 e. The van der Waals surface area contributed by atoms with Crippen LogP contribution in [0.25, 0.3) is 0 Å². The third-order valence-corrected chi connectivity index (χ3v) is 2.69. The van der Waals surface area contributed by atoms with Gasteiger partial charge in [0, 0.05) is 13.0 Å². The molecule has 1 rings (SSSR count). The minimum atomic E-state index is -0.263. The Morgan fingerprint density at radius 3 is 2.86 bits per heavy atom. The first-order valence-corrected chi connectivity index (χ1v) is 5.19. The summed E-state index contributed by atoms with van der Waals surface area (Å²) in [5, 5.41) is 8.84. The second-order valence-electron chi connectivity index (χ2n) is 4.66. The zero-order valence-corrected chi connectivity index (χ0v) is 9.05. The van der Waals surface area contributed by atoms with E-state index in [0.717, 1.165) is 32.4 Å². The van der Waals surface area contributed by atoms with Crippen molar-refractivity contribution in [2.75, 3.05) is 19.6 Å². The number of ketones is 1. The average molecular weight is 194 g/mol. The van der Waals surface area contributed by atoms with Crippen molar-refractivity contribution in [3.63, 3.8) is 0 Å². The number of piperidine rings is 1. The van der Waals surface area contributed by atoms with Crippen LogP contribution in [-0.4, -0.2) is 30.3 Å². The number of nitrogens with zero attached hydrogens (tertiary/aromatic N) is 2. The normalized spacial score (nSPS) is 19.4. The van der Waals surface area contributed by atoms with Crippen LogP contribution in [0.15, 0.2) is 0 Å². The molecule has 0 aromatic heterocycles. The molecule has 0 unspecified atom stereocenters. The van der Waals surface area contributed by atoms with E-state index in [2.05, 4.69) is 11.0 Å². The van der Waals surface area contributed by atoms with Gasteiger partial charge < -0.3 is 0 Å². The standard InChI is InChI=1S/C11H18N2O/c1-11(2,9-12)5-7-13-6-3-4-10(14)8-13/h3-8H2,1-2H3. The fourth-order valence-electron chi connectivity index (χ4n) is 1.59. The van der Waals surface area contributed by atoms with Gasteiger partial charge in [0.15, 0.2) is 0 Å². The van der Waals surface area contributed by atoms with Crippen molar-refractivity contribution >= 4 is 5.78 Å². The Kier molecular flexibility index (Phi) is 3.65. The summed E-state index contributed by atoms with van der Waals surface area (Å²) in [6, 6.07) is 2.28. The molecule has 3 nitrogen and oxygen atoms in total. The second kappa shape index (κ2) is 4.56. The van der Waals surface area contributed by atoms with E-state index >= 15 is 0 Å². The minimum absolute atomic E-state index is 0.263. The lowest BCUT2D eigenvalue weighted by Gasteiger charge is -2.27. The van der Waals surface area contributed by atoms with Crippen LogP contribution in [0.4, 0.5) is 0 Å². The first-order valence-electron chi connectivity index (χ1n) is 5.19. The molecule has 0 radical (unpaired) electrons. The molecule has 3 heteroatoms. The van der Waals surface area contributed by atoms with Gasteiger partial charge in [-0.25, -0.2) is 0 Å². The molecule has 0 spiro atoms. The van der Waals surface area contributed by atoms with Crippen LogP contribution < -0.4 is 0 Å². The lowest BCUT2D eigenvalue weighted by Crippen LogP contribution is -2.37. The lowest BCUT2D eigenvalue weighted by molar-refractivity contribution is -0.122. The quantitative estimate of drug-likeness (QED) is 0.685. The van der Waals surface area contributed by atoms with Crippen LogP contribution in [0.1, 0.15) is 33.1 Å². The van der Waals surface area contributed by atoms with Crippen LogP contribution in [0.3, 0.4) is 0 Å². The molecule has 0 saturated carbocycles. The van der Waals surface area contributed by atoms with Gasteiger partial charge in [0.05, 0.1) is 18.0 Å². The van der Waals surface area contributed by atoms with E-state index in [4.69, 9.17) is 5.26 Å². The molecule has 0 aromatic rings. The molecule has 0 N–H and O–H groups in total. The van der Waals surface area contributed by atoms with Crippen molar-refractivity contribution in [1.29, 1.82) is 5.26 Å². The molecule has 1 saturated heterocycles. The number of carbonyl (C=O) groups excluding carboxylic acids is 1. The number of rotatable bonds is 3. The molecule has 78 valence electrons. The Labute approximate surface area is 85.7 Å². The van der Waals surface area contributed by atoms with Crippen molar-refractivity contribution in [2.24, 2.45) is 5.41 Å². The first kappa shape index (κ1) is 11.2. The number of Topliss-reactive ketones (excluding diaryl/α,β-unsaturated/α-hetero) is 1. The Morgan fingerprint density at radius 2 is 2.29 bits per heavy atom. The van der Waals surface area contributed by atoms with E-state index in [-0.39, 0.29) is 5.41 Å². The highest BCUT2D eigenvalue weighted by Crippen LogP contribution is 2.19. The predicted molar refractivity (Wildman–Crippen MR) is 54.7 cm³/mol. The number of nitriles is 1. The van der Waals surface area contributed by atoms with E-state index in [1.165, 1.54) is 0 Å². The van der Waals surface area contributed by atoms with Crippen molar-refractivity contribution in [3.8, 4) is 6.07 Å². The second-order valence-corrected chi connectivity index (χ2v) is 4.66. The zero-order valence-electron chi connectivity index (χ0n) is 9.05. The molecule has 1 heterocycles. The largest absolute Gasteiger partial charge is 0.298 e. The average Bonchev–Trinajstić information content (AvgIpc) is 2.15. The van der Waals surface area contributed by atoms with Gasteiger partial charge in [-0.1, -0.05) is 0 Å². The summed E-state index contributed by atoms with van der Waals surface area (Å²) in [6.07, 6.45) is 2.56. The summed E-state index contributed by atoms with van der Waals surface area (Å²) in [7, 11) is 0. The number of carbonyl (C=O) groups is 1. The maximum absolute atomic E-state index is 11.2. The smallest absolute Gasteiger partial charge is 0.146 e. The summed E-state index contributed by atoms with van der Waals surface area (Å²) >= 11 is 0. The summed E-state index contributed by atoms with van der Waals surface area (Å²) in [6.45, 7) is 6.35. The molecule has 0 bridgehead atoms. The van der Waals surface area contributed by atoms with Gasteiger partial charge in [0.25, 0.3) is 0 Å². The highest BCUT2D eigenvalue weighted by molar-refractivity contribution is 5.81. The third kappa shape index (κ3) is 3.47. The monoisotopic (exact) mass is 194 g/mol. The fraction of sp³-hybridized carbons (Fsp3) is 0.818. The molecule has 0 aliphatic carbocycles. The van der Waals surface area contributed by atoms with Crippen molar-refractivity contribution in [3.05, 3.63) is 0 Å². The summed E-state index contributed by atoms with van der Waals surface area (Å²) in [5.74, 6) is 0.339. The fourth-order valence-corrected chi connectivity index (χ4v) is 1.59. The maximum atomic E-state index is 11.2.